The van der Waals surface area contributed by atoms with Gasteiger partial charge in [-0.2, -0.15) is 5.26 Å². The molecule has 0 saturated heterocycles. The number of rotatable bonds is 4. The minimum Gasteiger partial charge on any atom is -0.395 e. The van der Waals surface area contributed by atoms with Crippen LogP contribution in [0.15, 0.2) is 53.4 Å². The van der Waals surface area contributed by atoms with Crippen molar-refractivity contribution in [3.05, 3.63) is 65.5 Å². The number of aliphatic hydroxyl groups excluding tert-OH is 1. The van der Waals surface area contributed by atoms with Crippen LogP contribution in [0.3, 0.4) is 0 Å². The molecule has 0 amide bonds. The lowest BCUT2D eigenvalue weighted by Gasteiger charge is -2.06. The molecule has 0 heterocycles. The molecule has 0 radical (unpaired) electrons. The van der Waals surface area contributed by atoms with Crippen LogP contribution in [0.25, 0.3) is 0 Å². The van der Waals surface area contributed by atoms with E-state index in [4.69, 9.17) is 0 Å². The lowest BCUT2D eigenvalue weighted by molar-refractivity contribution is 0.242. The number of hydrogen-bond acceptors (Lipinski definition) is 4. The molecule has 0 unspecified atom stereocenters. The molecule has 1 aliphatic rings. The summed E-state index contributed by atoms with van der Waals surface area (Å²) in [5, 5.41) is 18.1. The van der Waals surface area contributed by atoms with Crippen LogP contribution in [-0.2, 0) is 9.84 Å². The number of nitrogens with zero attached hydrogens (tertiary/aromatic N) is 1. The number of halogens is 1. The van der Waals surface area contributed by atoms with Gasteiger partial charge in [0.25, 0.3) is 0 Å². The summed E-state index contributed by atoms with van der Waals surface area (Å²) in [4.78, 5) is 0.102. The molecule has 6 heteroatoms. The minimum absolute atomic E-state index is 0.102. The normalized spacial score (nSPS) is 25.9. The molecule has 0 aliphatic heterocycles. The fraction of sp³-hybridized carbons (Fsp3) is 0.278. The monoisotopic (exact) mass is 345 g/mol. The van der Waals surface area contributed by atoms with E-state index in [9.17, 15) is 23.2 Å². The molecule has 1 aliphatic carbocycles. The lowest BCUT2D eigenvalue weighted by Crippen LogP contribution is -2.18. The van der Waals surface area contributed by atoms with E-state index in [0.717, 1.165) is 5.56 Å². The molecule has 1 N–H and O–H groups in total. The summed E-state index contributed by atoms with van der Waals surface area (Å²) in [7, 11) is -3.83. The first-order valence-corrected chi connectivity index (χ1v) is 8.99. The Bertz CT molecular complexity index is 918. The maximum atomic E-state index is 13.5. The number of sulfone groups is 1. The van der Waals surface area contributed by atoms with Crippen LogP contribution in [0.1, 0.15) is 17.0 Å². The lowest BCUT2D eigenvalue weighted by atomic mass is 10.0. The van der Waals surface area contributed by atoms with Crippen LogP contribution in [-0.4, -0.2) is 25.4 Å². The molecule has 2 aromatic carbocycles. The second kappa shape index (κ2) is 5.69. The average Bonchev–Trinajstić information content (AvgIpc) is 3.26. The highest BCUT2D eigenvalue weighted by Gasteiger charge is 2.72. The molecule has 3 atom stereocenters. The van der Waals surface area contributed by atoms with Gasteiger partial charge in [0.2, 0.25) is 0 Å². The van der Waals surface area contributed by atoms with Crippen molar-refractivity contribution >= 4 is 9.84 Å². The predicted molar refractivity (Wildman–Crippen MR) is 86.4 cm³/mol. The summed E-state index contributed by atoms with van der Waals surface area (Å²) in [5.74, 6) is -1.26. The third kappa shape index (κ3) is 2.41. The van der Waals surface area contributed by atoms with Crippen LogP contribution in [0.4, 0.5) is 4.39 Å². The van der Waals surface area contributed by atoms with Crippen molar-refractivity contribution in [1.82, 2.24) is 0 Å². The highest BCUT2D eigenvalue weighted by atomic mass is 32.2. The van der Waals surface area contributed by atoms with E-state index < -0.39 is 38.8 Å². The van der Waals surface area contributed by atoms with Crippen LogP contribution in [0, 0.1) is 29.5 Å². The Balaban J connectivity index is 2.08. The zero-order valence-corrected chi connectivity index (χ0v) is 13.8. The molecule has 4 nitrogen and oxygen atoms in total. The van der Waals surface area contributed by atoms with E-state index in [0.29, 0.717) is 5.56 Å². The second-order valence-corrected chi connectivity index (χ2v) is 8.19. The summed E-state index contributed by atoms with van der Waals surface area (Å²) >= 11 is 0. The van der Waals surface area contributed by atoms with Crippen molar-refractivity contribution in [2.24, 2.45) is 5.41 Å². The minimum atomic E-state index is -3.83. The van der Waals surface area contributed by atoms with Gasteiger partial charge in [-0.3, -0.25) is 0 Å². The van der Waals surface area contributed by atoms with Gasteiger partial charge >= 0.3 is 0 Å². The molecule has 1 fully saturated rings. The first-order valence-electron chi connectivity index (χ1n) is 7.45. The van der Waals surface area contributed by atoms with Gasteiger partial charge in [0.05, 0.1) is 22.8 Å². The summed E-state index contributed by atoms with van der Waals surface area (Å²) in [6.07, 6.45) is 0. The van der Waals surface area contributed by atoms with Gasteiger partial charge in [-0.15, -0.1) is 0 Å². The van der Waals surface area contributed by atoms with Crippen molar-refractivity contribution in [2.45, 2.75) is 23.0 Å². The highest BCUT2D eigenvalue weighted by molar-refractivity contribution is 7.92. The van der Waals surface area contributed by atoms with Crippen molar-refractivity contribution < 1.29 is 17.9 Å². The summed E-state index contributed by atoms with van der Waals surface area (Å²) in [6, 6.07) is 13.8. The first-order chi connectivity index (χ1) is 11.4. The van der Waals surface area contributed by atoms with E-state index in [1.807, 2.05) is 13.0 Å². The molecule has 0 aromatic heterocycles. The maximum absolute atomic E-state index is 13.5. The zero-order chi connectivity index (χ0) is 17.5. The summed E-state index contributed by atoms with van der Waals surface area (Å²) in [6.45, 7) is 1.25. The van der Waals surface area contributed by atoms with E-state index in [1.165, 1.54) is 30.3 Å². The summed E-state index contributed by atoms with van der Waals surface area (Å²) < 4.78 is 39.4. The molecule has 3 rings (SSSR count). The number of benzene rings is 2. The standard InChI is InChI=1S/C18H16FNO3S/c1-12-5-7-15(8-6-12)24(22,23)17-16(18(17,10-20)11-21)13-3-2-4-14(19)9-13/h2-9,16-17,21H,11H2,1H3/t16-,17+,18+/m0/s1. The Labute approximate surface area is 140 Å². The Morgan fingerprint density at radius 1 is 1.25 bits per heavy atom. The first kappa shape index (κ1) is 16.6. The van der Waals surface area contributed by atoms with Gasteiger partial charge in [-0.1, -0.05) is 29.8 Å². The molecule has 24 heavy (non-hydrogen) atoms. The molecule has 2 aromatic rings. The third-order valence-electron chi connectivity index (χ3n) is 4.62. The number of hydrogen-bond donors (Lipinski definition) is 1. The number of aryl methyl sites for hydroxylation is 1. The Morgan fingerprint density at radius 2 is 1.92 bits per heavy atom. The van der Waals surface area contributed by atoms with Gasteiger partial charge < -0.3 is 5.11 Å². The van der Waals surface area contributed by atoms with Crippen LogP contribution in [0.2, 0.25) is 0 Å². The van der Waals surface area contributed by atoms with E-state index >= 15 is 0 Å². The molecular formula is C18H16FNO3S. The highest BCUT2D eigenvalue weighted by Crippen LogP contribution is 2.63. The molecule has 124 valence electrons. The van der Waals surface area contributed by atoms with Gasteiger partial charge in [-0.05, 0) is 36.8 Å². The maximum Gasteiger partial charge on any atom is 0.183 e. The quantitative estimate of drug-likeness (QED) is 0.924. The van der Waals surface area contributed by atoms with Crippen molar-refractivity contribution in [1.29, 1.82) is 5.26 Å². The van der Waals surface area contributed by atoms with Gasteiger partial charge in [0, 0.05) is 5.92 Å². The predicted octanol–water partition coefficient (Wildman–Crippen LogP) is 2.58. The van der Waals surface area contributed by atoms with E-state index in [-0.39, 0.29) is 4.90 Å². The number of aliphatic hydroxyl groups is 1. The Kier molecular flexibility index (Phi) is 3.94. The molecule has 1 saturated carbocycles. The SMILES string of the molecule is Cc1ccc(S(=O)(=O)[C@@H]2[C@H](c3cccc(F)c3)[C@@]2(C#N)CO)cc1. The van der Waals surface area contributed by atoms with E-state index in [1.54, 1.807) is 18.2 Å². The van der Waals surface area contributed by atoms with Crippen LogP contribution < -0.4 is 0 Å². The molecule has 0 spiro atoms. The average molecular weight is 345 g/mol. The Morgan fingerprint density at radius 3 is 2.46 bits per heavy atom. The second-order valence-electron chi connectivity index (χ2n) is 6.12. The third-order valence-corrected chi connectivity index (χ3v) is 6.91. The van der Waals surface area contributed by atoms with Crippen LogP contribution in [0.5, 0.6) is 0 Å². The zero-order valence-electron chi connectivity index (χ0n) is 13.0. The van der Waals surface area contributed by atoms with Crippen molar-refractivity contribution in [3.63, 3.8) is 0 Å². The Hall–Kier alpha value is -2.23. The number of nitriles is 1. The largest absolute Gasteiger partial charge is 0.395 e. The smallest absolute Gasteiger partial charge is 0.183 e. The van der Waals surface area contributed by atoms with E-state index in [2.05, 4.69) is 0 Å². The summed E-state index contributed by atoms with van der Waals surface area (Å²) in [5.41, 5.74) is -0.122. The van der Waals surface area contributed by atoms with Crippen molar-refractivity contribution in [2.75, 3.05) is 6.61 Å². The fourth-order valence-corrected chi connectivity index (χ4v) is 5.58. The molecular weight excluding hydrogens is 329 g/mol. The fourth-order valence-electron chi connectivity index (χ4n) is 3.26. The van der Waals surface area contributed by atoms with Gasteiger partial charge in [0.1, 0.15) is 11.2 Å². The van der Waals surface area contributed by atoms with Crippen LogP contribution >= 0.6 is 0 Å². The molecule has 0 bridgehead atoms. The van der Waals surface area contributed by atoms with Gasteiger partial charge in [-0.25, -0.2) is 12.8 Å². The van der Waals surface area contributed by atoms with Gasteiger partial charge in [0.15, 0.2) is 9.84 Å². The topological polar surface area (TPSA) is 78.2 Å². The van der Waals surface area contributed by atoms with Crippen molar-refractivity contribution in [3.8, 4) is 6.07 Å².